The molecule has 0 N–H and O–H groups in total. The minimum absolute atomic E-state index is 0.0359. The van der Waals surface area contributed by atoms with Crippen molar-refractivity contribution < 1.29 is 19.1 Å². The number of carbonyl (C=O) groups is 2. The van der Waals surface area contributed by atoms with Gasteiger partial charge in [0.2, 0.25) is 0 Å². The molecule has 2 aromatic rings. The van der Waals surface area contributed by atoms with Crippen LogP contribution in [0.5, 0.6) is 5.75 Å². The second-order valence-electron chi connectivity index (χ2n) is 12.4. The number of carbonyl (C=O) groups excluding carboxylic acids is 2. The van der Waals surface area contributed by atoms with Crippen LogP contribution in [0.3, 0.4) is 0 Å². The Kier molecular flexibility index (Phi) is 7.40. The topological polar surface area (TPSA) is 62.3 Å². The van der Waals surface area contributed by atoms with Crippen LogP contribution in [0.25, 0.3) is 11.1 Å². The molecule has 204 valence electrons. The Bertz CT molecular complexity index is 1150. The van der Waals surface area contributed by atoms with Crippen molar-refractivity contribution in [1.29, 1.82) is 0 Å². The lowest BCUT2D eigenvalue weighted by atomic mass is 9.82. The predicted molar refractivity (Wildman–Crippen MR) is 149 cm³/mol. The first-order valence-electron chi connectivity index (χ1n) is 13.9. The first kappa shape index (κ1) is 26.5. The summed E-state index contributed by atoms with van der Waals surface area (Å²) < 4.78 is 12.1. The summed E-state index contributed by atoms with van der Waals surface area (Å²) in [7, 11) is 2.09. The van der Waals surface area contributed by atoms with Gasteiger partial charge in [-0.3, -0.25) is 4.79 Å². The van der Waals surface area contributed by atoms with Crippen molar-refractivity contribution in [2.24, 2.45) is 5.41 Å². The van der Waals surface area contributed by atoms with Gasteiger partial charge in [-0.25, -0.2) is 4.79 Å². The molecule has 2 aromatic carbocycles. The van der Waals surface area contributed by atoms with Gasteiger partial charge in [-0.05, 0) is 66.3 Å². The lowest BCUT2D eigenvalue weighted by Crippen LogP contribution is -2.51. The zero-order valence-corrected chi connectivity index (χ0v) is 23.3. The van der Waals surface area contributed by atoms with Crippen molar-refractivity contribution in [2.75, 3.05) is 52.9 Å². The molecule has 2 amide bonds. The molecular weight excluding hydrogens is 478 g/mol. The van der Waals surface area contributed by atoms with Crippen molar-refractivity contribution in [2.45, 2.75) is 52.1 Å². The summed E-state index contributed by atoms with van der Waals surface area (Å²) in [6.07, 6.45) is 3.33. The highest BCUT2D eigenvalue weighted by Crippen LogP contribution is 2.41. The van der Waals surface area contributed by atoms with Crippen LogP contribution >= 0.6 is 0 Å². The Morgan fingerprint density at radius 1 is 0.868 bits per heavy atom. The molecule has 3 aliphatic heterocycles. The van der Waals surface area contributed by atoms with Gasteiger partial charge in [0.05, 0.1) is 6.61 Å². The first-order chi connectivity index (χ1) is 18.1. The van der Waals surface area contributed by atoms with Crippen molar-refractivity contribution in [1.82, 2.24) is 14.7 Å². The van der Waals surface area contributed by atoms with Crippen LogP contribution in [0, 0.1) is 5.41 Å². The molecule has 0 unspecified atom stereocenters. The van der Waals surface area contributed by atoms with Crippen molar-refractivity contribution in [3.8, 4) is 16.9 Å². The van der Waals surface area contributed by atoms with E-state index in [1.54, 1.807) is 0 Å². The van der Waals surface area contributed by atoms with E-state index in [9.17, 15) is 9.59 Å². The van der Waals surface area contributed by atoms with E-state index in [1.807, 2.05) is 34.1 Å². The Morgan fingerprint density at radius 3 is 2.18 bits per heavy atom. The monoisotopic (exact) mass is 519 g/mol. The highest BCUT2D eigenvalue weighted by Gasteiger charge is 2.41. The van der Waals surface area contributed by atoms with Gasteiger partial charge < -0.3 is 24.2 Å². The first-order valence-corrected chi connectivity index (χ1v) is 13.9. The Balaban J connectivity index is 1.19. The highest BCUT2D eigenvalue weighted by atomic mass is 16.6. The van der Waals surface area contributed by atoms with Crippen molar-refractivity contribution in [3.05, 3.63) is 53.6 Å². The van der Waals surface area contributed by atoms with Crippen molar-refractivity contribution in [3.63, 3.8) is 0 Å². The number of aryl methyl sites for hydroxylation is 1. The molecule has 0 aromatic heterocycles. The smallest absolute Gasteiger partial charge is 0.409 e. The molecule has 0 bridgehead atoms. The Hall–Kier alpha value is -3.06. The normalized spacial score (nSPS) is 19.6. The number of hydrogen-bond donors (Lipinski definition) is 0. The van der Waals surface area contributed by atoms with E-state index < -0.39 is 0 Å². The van der Waals surface area contributed by atoms with Gasteiger partial charge in [0.25, 0.3) is 5.91 Å². The average Bonchev–Trinajstić information content (AvgIpc) is 2.92. The number of fused-ring (bicyclic) bond motifs is 1. The molecule has 2 fully saturated rings. The summed E-state index contributed by atoms with van der Waals surface area (Å²) in [5.41, 5.74) is 3.96. The fraction of sp³-hybridized carbons (Fsp3) is 0.548. The molecule has 0 radical (unpaired) electrons. The third-order valence-electron chi connectivity index (χ3n) is 8.05. The standard InChI is InChI=1S/C31H41N3O4/c1-30(2,3)22-37-29(36)34-15-13-31(14-16-34)12-11-26-21-25(9-10-27(26)38-31)23-5-7-24(8-6-23)28(35)33-19-17-32(4)18-20-33/h5-10,21H,11-20,22H2,1-4H3. The van der Waals surface area contributed by atoms with E-state index in [0.29, 0.717) is 19.7 Å². The van der Waals surface area contributed by atoms with Gasteiger partial charge in [-0.1, -0.05) is 39.0 Å². The van der Waals surface area contributed by atoms with Gasteiger partial charge in [0.1, 0.15) is 11.4 Å². The van der Waals surface area contributed by atoms with Gasteiger partial charge in [0, 0.05) is 57.7 Å². The molecule has 7 heteroatoms. The van der Waals surface area contributed by atoms with E-state index in [1.165, 1.54) is 5.56 Å². The van der Waals surface area contributed by atoms with Gasteiger partial charge in [0.15, 0.2) is 0 Å². The number of likely N-dealkylation sites (tertiary alicyclic amines) is 1. The maximum atomic E-state index is 12.9. The average molecular weight is 520 g/mol. The number of hydrogen-bond acceptors (Lipinski definition) is 5. The summed E-state index contributed by atoms with van der Waals surface area (Å²) in [5.74, 6) is 1.06. The van der Waals surface area contributed by atoms with E-state index in [2.05, 4.69) is 50.9 Å². The molecule has 38 heavy (non-hydrogen) atoms. The van der Waals surface area contributed by atoms with E-state index in [0.717, 1.165) is 74.3 Å². The fourth-order valence-electron chi connectivity index (χ4n) is 5.52. The number of nitrogens with zero attached hydrogens (tertiary/aromatic N) is 3. The van der Waals surface area contributed by atoms with Gasteiger partial charge in [-0.15, -0.1) is 0 Å². The number of amides is 2. The molecule has 3 aliphatic rings. The third kappa shape index (κ3) is 5.98. The van der Waals surface area contributed by atoms with Crippen LogP contribution in [0.2, 0.25) is 0 Å². The molecular formula is C31H41N3O4. The lowest BCUT2D eigenvalue weighted by Gasteiger charge is -2.44. The van der Waals surface area contributed by atoms with Crippen LogP contribution in [0.15, 0.2) is 42.5 Å². The largest absolute Gasteiger partial charge is 0.487 e. The zero-order valence-electron chi connectivity index (χ0n) is 23.3. The maximum Gasteiger partial charge on any atom is 0.409 e. The molecule has 2 saturated heterocycles. The summed E-state index contributed by atoms with van der Waals surface area (Å²) in [5, 5.41) is 0. The molecule has 0 aliphatic carbocycles. The van der Waals surface area contributed by atoms with E-state index >= 15 is 0 Å². The quantitative estimate of drug-likeness (QED) is 0.566. The molecule has 7 nitrogen and oxygen atoms in total. The van der Waals surface area contributed by atoms with Crippen LogP contribution in [0.1, 0.15) is 56.0 Å². The number of rotatable bonds is 3. The molecule has 3 heterocycles. The van der Waals surface area contributed by atoms with Crippen LogP contribution in [0.4, 0.5) is 4.79 Å². The van der Waals surface area contributed by atoms with Crippen LogP contribution < -0.4 is 4.74 Å². The Morgan fingerprint density at radius 2 is 1.53 bits per heavy atom. The number of piperidine rings is 1. The number of likely N-dealkylation sites (N-methyl/N-ethyl adjacent to an activating group) is 1. The second-order valence-corrected chi connectivity index (χ2v) is 12.4. The Labute approximate surface area is 226 Å². The van der Waals surface area contributed by atoms with Crippen LogP contribution in [-0.2, 0) is 11.2 Å². The van der Waals surface area contributed by atoms with Crippen LogP contribution in [-0.4, -0.2) is 85.2 Å². The minimum Gasteiger partial charge on any atom is -0.487 e. The maximum absolute atomic E-state index is 12.9. The lowest BCUT2D eigenvalue weighted by molar-refractivity contribution is -0.0171. The summed E-state index contributed by atoms with van der Waals surface area (Å²) in [6.45, 7) is 11.3. The third-order valence-corrected chi connectivity index (χ3v) is 8.05. The van der Waals surface area contributed by atoms with Gasteiger partial charge >= 0.3 is 6.09 Å². The predicted octanol–water partition coefficient (Wildman–Crippen LogP) is 5.08. The number of ether oxygens (including phenoxy) is 2. The fourth-order valence-corrected chi connectivity index (χ4v) is 5.52. The summed E-state index contributed by atoms with van der Waals surface area (Å²) in [4.78, 5) is 31.4. The van der Waals surface area contributed by atoms with Crippen molar-refractivity contribution >= 4 is 12.0 Å². The highest BCUT2D eigenvalue weighted by molar-refractivity contribution is 5.94. The summed E-state index contributed by atoms with van der Waals surface area (Å²) >= 11 is 0. The number of benzene rings is 2. The molecule has 0 saturated carbocycles. The molecule has 5 rings (SSSR count). The molecule has 0 atom stereocenters. The number of piperazine rings is 1. The van der Waals surface area contributed by atoms with E-state index in [4.69, 9.17) is 9.47 Å². The SMILES string of the molecule is CN1CCN(C(=O)c2ccc(-c3ccc4c(c3)CCC3(CCN(C(=O)OCC(C)(C)C)CC3)O4)cc2)CC1. The van der Waals surface area contributed by atoms with Gasteiger partial charge in [-0.2, -0.15) is 0 Å². The van der Waals surface area contributed by atoms with E-state index in [-0.39, 0.29) is 23.0 Å². The second kappa shape index (κ2) is 10.6. The zero-order chi connectivity index (χ0) is 26.9. The minimum atomic E-state index is -0.216. The molecule has 1 spiro atoms. The summed E-state index contributed by atoms with van der Waals surface area (Å²) in [6, 6.07) is 14.4.